The maximum absolute atomic E-state index is 6.02. The Morgan fingerprint density at radius 2 is 1.75 bits per heavy atom. The van der Waals surface area contributed by atoms with E-state index in [-0.39, 0.29) is 5.41 Å². The number of nitrogens with two attached hydrogens (primary N) is 1. The van der Waals surface area contributed by atoms with Gasteiger partial charge in [-0.25, -0.2) is 0 Å². The van der Waals surface area contributed by atoms with Gasteiger partial charge in [0.2, 0.25) is 0 Å². The second-order valence-corrected chi connectivity index (χ2v) is 5.54. The zero-order valence-electron chi connectivity index (χ0n) is 10.7. The number of benzene rings is 1. The predicted molar refractivity (Wildman–Crippen MR) is 69.7 cm³/mol. The number of hydrogen-bond donors (Lipinski definition) is 1. The highest BCUT2D eigenvalue weighted by Gasteiger charge is 2.43. The molecule has 0 aromatic heterocycles. The van der Waals surface area contributed by atoms with E-state index in [1.165, 1.54) is 36.0 Å². The molecule has 0 bridgehead atoms. The number of hydrogen-bond acceptors (Lipinski definition) is 1. The van der Waals surface area contributed by atoms with Crippen molar-refractivity contribution in [3.63, 3.8) is 0 Å². The minimum absolute atomic E-state index is 0.289. The Labute approximate surface area is 99.0 Å². The molecule has 0 atom stereocenters. The summed E-state index contributed by atoms with van der Waals surface area (Å²) in [6.45, 7) is 7.44. The van der Waals surface area contributed by atoms with Crippen LogP contribution in [-0.2, 0) is 5.41 Å². The summed E-state index contributed by atoms with van der Waals surface area (Å²) < 4.78 is 0. The first-order valence-corrected chi connectivity index (χ1v) is 6.38. The molecule has 1 fully saturated rings. The lowest BCUT2D eigenvalue weighted by Crippen LogP contribution is -2.47. The van der Waals surface area contributed by atoms with Crippen molar-refractivity contribution in [2.45, 2.75) is 45.4 Å². The van der Waals surface area contributed by atoms with Crippen LogP contribution >= 0.6 is 0 Å². The van der Waals surface area contributed by atoms with E-state index in [9.17, 15) is 0 Å². The topological polar surface area (TPSA) is 26.0 Å². The van der Waals surface area contributed by atoms with Crippen LogP contribution in [0.1, 0.15) is 42.9 Å². The lowest BCUT2D eigenvalue weighted by atomic mass is 9.57. The van der Waals surface area contributed by atoms with Gasteiger partial charge < -0.3 is 5.73 Å². The van der Waals surface area contributed by atoms with Gasteiger partial charge in [0.05, 0.1) is 0 Å². The molecule has 1 saturated carbocycles. The molecule has 1 aliphatic carbocycles. The van der Waals surface area contributed by atoms with Crippen LogP contribution in [0.25, 0.3) is 0 Å². The van der Waals surface area contributed by atoms with Gasteiger partial charge >= 0.3 is 0 Å². The van der Waals surface area contributed by atoms with Gasteiger partial charge in [-0.05, 0) is 38.2 Å². The normalized spacial score (nSPS) is 28.9. The maximum atomic E-state index is 6.02. The highest BCUT2D eigenvalue weighted by atomic mass is 14.6. The van der Waals surface area contributed by atoms with Crippen molar-refractivity contribution < 1.29 is 0 Å². The third kappa shape index (κ3) is 1.89. The van der Waals surface area contributed by atoms with Crippen LogP contribution in [0, 0.1) is 19.8 Å². The third-order valence-corrected chi connectivity index (χ3v) is 4.16. The van der Waals surface area contributed by atoms with Crippen molar-refractivity contribution in [3.05, 3.63) is 34.9 Å². The average Bonchev–Trinajstić information content (AvgIpc) is 2.16. The Kier molecular flexibility index (Phi) is 3.07. The molecule has 0 heterocycles. The summed E-state index contributed by atoms with van der Waals surface area (Å²) in [4.78, 5) is 0. The summed E-state index contributed by atoms with van der Waals surface area (Å²) >= 11 is 0. The molecular formula is C15H23N. The van der Waals surface area contributed by atoms with Gasteiger partial charge in [-0.3, -0.25) is 0 Å². The molecule has 0 unspecified atom stereocenters. The zero-order valence-corrected chi connectivity index (χ0v) is 10.7. The van der Waals surface area contributed by atoms with E-state index < -0.39 is 0 Å². The Morgan fingerprint density at radius 3 is 2.19 bits per heavy atom. The van der Waals surface area contributed by atoms with Gasteiger partial charge in [0.1, 0.15) is 0 Å². The third-order valence-electron chi connectivity index (χ3n) is 4.16. The fourth-order valence-corrected chi connectivity index (χ4v) is 3.14. The van der Waals surface area contributed by atoms with Crippen molar-refractivity contribution in [2.24, 2.45) is 11.7 Å². The number of rotatable bonds is 3. The minimum atomic E-state index is 0.289. The summed E-state index contributed by atoms with van der Waals surface area (Å²) in [7, 11) is 0. The molecule has 1 aliphatic rings. The van der Waals surface area contributed by atoms with Gasteiger partial charge in [0.15, 0.2) is 0 Å². The second kappa shape index (κ2) is 4.21. The van der Waals surface area contributed by atoms with E-state index in [0.29, 0.717) is 0 Å². The van der Waals surface area contributed by atoms with Crippen LogP contribution in [0.5, 0.6) is 0 Å². The van der Waals surface area contributed by atoms with Gasteiger partial charge in [-0.2, -0.15) is 0 Å². The van der Waals surface area contributed by atoms with Gasteiger partial charge in [-0.15, -0.1) is 0 Å². The van der Waals surface area contributed by atoms with E-state index in [1.807, 2.05) is 0 Å². The average molecular weight is 217 g/mol. The molecule has 2 rings (SSSR count). The van der Waals surface area contributed by atoms with Gasteiger partial charge in [0, 0.05) is 12.0 Å². The minimum Gasteiger partial charge on any atom is -0.330 e. The van der Waals surface area contributed by atoms with E-state index in [0.717, 1.165) is 12.5 Å². The molecule has 1 nitrogen and oxygen atoms in total. The molecule has 0 saturated heterocycles. The lowest BCUT2D eigenvalue weighted by molar-refractivity contribution is 0.144. The summed E-state index contributed by atoms with van der Waals surface area (Å²) in [6, 6.07) is 6.89. The van der Waals surface area contributed by atoms with Crippen molar-refractivity contribution in [1.29, 1.82) is 0 Å². The van der Waals surface area contributed by atoms with Crippen LogP contribution in [0.15, 0.2) is 18.2 Å². The van der Waals surface area contributed by atoms with Crippen LogP contribution in [0.3, 0.4) is 0 Å². The van der Waals surface area contributed by atoms with Crippen molar-refractivity contribution in [2.75, 3.05) is 6.54 Å². The van der Waals surface area contributed by atoms with Gasteiger partial charge in [-0.1, -0.05) is 42.7 Å². The molecule has 16 heavy (non-hydrogen) atoms. The molecular weight excluding hydrogens is 194 g/mol. The quantitative estimate of drug-likeness (QED) is 0.826. The predicted octanol–water partition coefficient (Wildman–Crippen LogP) is 3.32. The standard InChI is InChI=1S/C15H23N/c1-4-13-8-15(9-13,10-16)14-6-11(2)5-12(3)7-14/h5-7,13H,4,8-10,16H2,1-3H3. The Balaban J connectivity index is 2.28. The lowest BCUT2D eigenvalue weighted by Gasteiger charge is -2.48. The largest absolute Gasteiger partial charge is 0.330 e. The fourth-order valence-electron chi connectivity index (χ4n) is 3.14. The van der Waals surface area contributed by atoms with E-state index in [1.54, 1.807) is 0 Å². The molecule has 0 radical (unpaired) electrons. The van der Waals surface area contributed by atoms with Crippen molar-refractivity contribution in [1.82, 2.24) is 0 Å². The second-order valence-electron chi connectivity index (χ2n) is 5.54. The van der Waals surface area contributed by atoms with Gasteiger partial charge in [0.25, 0.3) is 0 Å². The molecule has 0 amide bonds. The fraction of sp³-hybridized carbons (Fsp3) is 0.600. The first-order valence-electron chi connectivity index (χ1n) is 6.38. The summed E-state index contributed by atoms with van der Waals surface area (Å²) in [5, 5.41) is 0. The Morgan fingerprint density at radius 1 is 1.19 bits per heavy atom. The van der Waals surface area contributed by atoms with E-state index >= 15 is 0 Å². The number of aryl methyl sites for hydroxylation is 2. The van der Waals surface area contributed by atoms with Crippen LogP contribution < -0.4 is 5.73 Å². The Bertz CT molecular complexity index is 355. The SMILES string of the molecule is CCC1CC(CN)(c2cc(C)cc(C)c2)C1. The molecule has 1 aromatic carbocycles. The summed E-state index contributed by atoms with van der Waals surface area (Å²) in [5.41, 5.74) is 10.5. The maximum Gasteiger partial charge on any atom is 0.00810 e. The molecule has 1 aromatic rings. The first-order chi connectivity index (χ1) is 7.59. The summed E-state index contributed by atoms with van der Waals surface area (Å²) in [6.07, 6.45) is 3.86. The zero-order chi connectivity index (χ0) is 11.8. The van der Waals surface area contributed by atoms with Crippen LogP contribution in [0.4, 0.5) is 0 Å². The molecule has 0 aliphatic heterocycles. The van der Waals surface area contributed by atoms with Crippen molar-refractivity contribution >= 4 is 0 Å². The first kappa shape index (κ1) is 11.7. The Hall–Kier alpha value is -0.820. The van der Waals surface area contributed by atoms with Crippen molar-refractivity contribution in [3.8, 4) is 0 Å². The molecule has 88 valence electrons. The smallest absolute Gasteiger partial charge is 0.00810 e. The van der Waals surface area contributed by atoms with Crippen LogP contribution in [-0.4, -0.2) is 6.54 Å². The van der Waals surface area contributed by atoms with Crippen LogP contribution in [0.2, 0.25) is 0 Å². The molecule has 1 heteroatoms. The summed E-state index contributed by atoms with van der Waals surface area (Å²) in [5.74, 6) is 0.893. The molecule has 2 N–H and O–H groups in total. The highest BCUT2D eigenvalue weighted by Crippen LogP contribution is 2.48. The monoisotopic (exact) mass is 217 g/mol. The van der Waals surface area contributed by atoms with E-state index in [4.69, 9.17) is 5.73 Å². The molecule has 0 spiro atoms. The van der Waals surface area contributed by atoms with E-state index in [2.05, 4.69) is 39.0 Å². The highest BCUT2D eigenvalue weighted by molar-refractivity contribution is 5.36.